The number of aromatic nitrogens is 2. The van der Waals surface area contributed by atoms with E-state index in [1.54, 1.807) is 0 Å². The summed E-state index contributed by atoms with van der Waals surface area (Å²) in [5.74, 6) is 1.73. The molecule has 0 bridgehead atoms. The van der Waals surface area contributed by atoms with Gasteiger partial charge in [-0.1, -0.05) is 30.3 Å². The van der Waals surface area contributed by atoms with E-state index in [1.165, 1.54) is 0 Å². The molecule has 2 aromatic rings. The van der Waals surface area contributed by atoms with E-state index in [-0.39, 0.29) is 12.1 Å². The summed E-state index contributed by atoms with van der Waals surface area (Å²) < 4.78 is 2.13. The number of benzene rings is 1. The molecule has 1 aromatic heterocycles. The number of amides is 2. The van der Waals surface area contributed by atoms with E-state index in [1.807, 2.05) is 35.5 Å². The summed E-state index contributed by atoms with van der Waals surface area (Å²) in [4.78, 5) is 18.9. The van der Waals surface area contributed by atoms with Crippen LogP contribution >= 0.6 is 0 Å². The van der Waals surface area contributed by atoms with E-state index in [2.05, 4.69) is 27.0 Å². The summed E-state index contributed by atoms with van der Waals surface area (Å²) in [6, 6.07) is 10.6. The predicted octanol–water partition coefficient (Wildman–Crippen LogP) is 2.67. The number of urea groups is 1. The third-order valence-corrected chi connectivity index (χ3v) is 6.36. The first kappa shape index (κ1) is 16.8. The summed E-state index contributed by atoms with van der Waals surface area (Å²) >= 11 is 0. The van der Waals surface area contributed by atoms with Crippen molar-refractivity contribution in [2.75, 3.05) is 13.1 Å². The lowest BCUT2D eigenvalue weighted by Crippen LogP contribution is -2.39. The van der Waals surface area contributed by atoms with E-state index in [0.717, 1.165) is 50.2 Å². The molecular weight excluding hydrogens is 340 g/mol. The first-order valence-corrected chi connectivity index (χ1v) is 10.0. The Morgan fingerprint density at radius 2 is 1.85 bits per heavy atom. The summed E-state index contributed by atoms with van der Waals surface area (Å²) in [5.41, 5.74) is 1.06. The van der Waals surface area contributed by atoms with Gasteiger partial charge in [0.25, 0.3) is 0 Å². The second kappa shape index (κ2) is 6.68. The Labute approximate surface area is 159 Å². The first-order valence-electron chi connectivity index (χ1n) is 10.0. The molecule has 0 unspecified atom stereocenters. The number of hydrogen-bond acceptors (Lipinski definition) is 3. The Hall–Kier alpha value is -2.34. The van der Waals surface area contributed by atoms with Crippen LogP contribution in [0.5, 0.6) is 0 Å². The maximum Gasteiger partial charge on any atom is 0.317 e. The summed E-state index contributed by atoms with van der Waals surface area (Å²) in [5, 5.41) is 14.0. The maximum atomic E-state index is 12.4. The fourth-order valence-corrected chi connectivity index (χ4v) is 4.76. The van der Waals surface area contributed by atoms with Gasteiger partial charge in [-0.3, -0.25) is 0 Å². The number of aliphatic hydroxyl groups is 1. The van der Waals surface area contributed by atoms with Crippen molar-refractivity contribution in [2.45, 2.75) is 43.9 Å². The third-order valence-electron chi connectivity index (χ3n) is 6.36. The summed E-state index contributed by atoms with van der Waals surface area (Å²) in [7, 11) is 0. The lowest BCUT2D eigenvalue weighted by atomic mass is 9.77. The minimum atomic E-state index is -0.408. The molecule has 1 saturated heterocycles. The van der Waals surface area contributed by atoms with Gasteiger partial charge in [0.1, 0.15) is 5.82 Å². The zero-order valence-electron chi connectivity index (χ0n) is 15.4. The van der Waals surface area contributed by atoms with Gasteiger partial charge >= 0.3 is 6.03 Å². The molecule has 142 valence electrons. The van der Waals surface area contributed by atoms with E-state index in [0.29, 0.717) is 17.9 Å². The van der Waals surface area contributed by atoms with Gasteiger partial charge in [-0.2, -0.15) is 0 Å². The number of imidazole rings is 1. The highest BCUT2D eigenvalue weighted by molar-refractivity contribution is 5.75. The van der Waals surface area contributed by atoms with Crippen LogP contribution in [0.3, 0.4) is 0 Å². The van der Waals surface area contributed by atoms with Gasteiger partial charge in [0.2, 0.25) is 0 Å². The number of carbonyl (C=O) groups excluding carboxylic acids is 1. The van der Waals surface area contributed by atoms with Crippen LogP contribution in [0.1, 0.15) is 31.7 Å². The quantitative estimate of drug-likeness (QED) is 0.877. The molecule has 1 aromatic carbocycles. The molecule has 2 heterocycles. The molecule has 4 atom stereocenters. The highest BCUT2D eigenvalue weighted by atomic mass is 16.3. The van der Waals surface area contributed by atoms with Gasteiger partial charge in [0.05, 0.1) is 12.1 Å². The van der Waals surface area contributed by atoms with E-state index >= 15 is 0 Å². The van der Waals surface area contributed by atoms with Crippen molar-refractivity contribution >= 4 is 6.03 Å². The second-order valence-electron chi connectivity index (χ2n) is 8.28. The van der Waals surface area contributed by atoms with Crippen LogP contribution in [-0.2, 0) is 0 Å². The summed E-state index contributed by atoms with van der Waals surface area (Å²) in [6.07, 6.45) is 7.22. The molecular formula is C21H26N4O2. The van der Waals surface area contributed by atoms with E-state index in [9.17, 15) is 9.90 Å². The molecule has 2 saturated carbocycles. The minimum Gasteiger partial charge on any atom is -0.391 e. The maximum absolute atomic E-state index is 12.4. The van der Waals surface area contributed by atoms with Crippen molar-refractivity contribution < 1.29 is 9.90 Å². The minimum absolute atomic E-state index is 0.00963. The Kier molecular flexibility index (Phi) is 4.16. The molecule has 6 heteroatoms. The molecule has 2 amide bonds. The fraction of sp³-hybridized carbons (Fsp3) is 0.524. The monoisotopic (exact) mass is 366 g/mol. The summed E-state index contributed by atoms with van der Waals surface area (Å²) in [6.45, 7) is 1.56. The number of carbonyl (C=O) groups is 1. The van der Waals surface area contributed by atoms with Gasteiger partial charge in [-0.05, 0) is 37.5 Å². The highest BCUT2D eigenvalue weighted by Crippen LogP contribution is 2.42. The van der Waals surface area contributed by atoms with Crippen LogP contribution in [0.25, 0.3) is 11.4 Å². The number of rotatable bonds is 3. The topological polar surface area (TPSA) is 70.4 Å². The average molecular weight is 366 g/mol. The predicted molar refractivity (Wildman–Crippen MR) is 102 cm³/mol. The number of likely N-dealkylation sites (tertiary alicyclic amines) is 1. The third kappa shape index (κ3) is 3.23. The fourth-order valence-electron chi connectivity index (χ4n) is 4.76. The molecule has 0 spiro atoms. The number of nitrogens with zero attached hydrogens (tertiary/aromatic N) is 3. The van der Waals surface area contributed by atoms with Gasteiger partial charge in [-0.25, -0.2) is 9.78 Å². The van der Waals surface area contributed by atoms with Crippen molar-refractivity contribution in [3.63, 3.8) is 0 Å². The van der Waals surface area contributed by atoms with Crippen molar-refractivity contribution in [2.24, 2.45) is 11.8 Å². The Bertz CT molecular complexity index is 817. The van der Waals surface area contributed by atoms with Crippen LogP contribution in [0.2, 0.25) is 0 Å². The SMILES string of the molecule is O=C(NC1CC1)N1C[C@H]2C[C@H](O)[C@@H](n3ccnc3-c3ccccc3)C[C@H]2C1. The lowest BCUT2D eigenvalue weighted by molar-refractivity contribution is 0.0365. The molecule has 27 heavy (non-hydrogen) atoms. The average Bonchev–Trinajstić information content (AvgIpc) is 3.19. The van der Waals surface area contributed by atoms with Crippen LogP contribution in [0, 0.1) is 11.8 Å². The van der Waals surface area contributed by atoms with Gasteiger partial charge in [-0.15, -0.1) is 0 Å². The van der Waals surface area contributed by atoms with Crippen LogP contribution in [-0.4, -0.2) is 50.8 Å². The first-order chi connectivity index (χ1) is 13.2. The smallest absolute Gasteiger partial charge is 0.317 e. The molecule has 3 aliphatic rings. The van der Waals surface area contributed by atoms with Gasteiger partial charge in [0, 0.05) is 37.1 Å². The number of aliphatic hydroxyl groups excluding tert-OH is 1. The standard InChI is InChI=1S/C21H26N4O2/c26-19-11-16-13-24(21(27)23-17-6-7-17)12-15(16)10-18(19)25-9-8-22-20(25)14-4-2-1-3-5-14/h1-5,8-9,15-19,26H,6-7,10-13H2,(H,23,27)/t15-,16+,18-,19-/m0/s1. The zero-order valence-corrected chi connectivity index (χ0v) is 15.4. The normalized spacial score (nSPS) is 30.2. The second-order valence-corrected chi connectivity index (χ2v) is 8.28. The molecule has 2 aliphatic carbocycles. The molecule has 5 rings (SSSR count). The van der Waals surface area contributed by atoms with Crippen LogP contribution in [0.4, 0.5) is 4.79 Å². The van der Waals surface area contributed by atoms with Crippen molar-refractivity contribution in [3.05, 3.63) is 42.7 Å². The Balaban J connectivity index is 1.33. The van der Waals surface area contributed by atoms with Crippen molar-refractivity contribution in [1.29, 1.82) is 0 Å². The molecule has 6 nitrogen and oxygen atoms in total. The Morgan fingerprint density at radius 1 is 1.11 bits per heavy atom. The van der Waals surface area contributed by atoms with E-state index < -0.39 is 6.10 Å². The highest BCUT2D eigenvalue weighted by Gasteiger charge is 2.44. The molecule has 1 aliphatic heterocycles. The number of fused-ring (bicyclic) bond motifs is 1. The number of nitrogens with one attached hydrogen (secondary N) is 1. The van der Waals surface area contributed by atoms with Gasteiger partial charge < -0.3 is 19.9 Å². The zero-order chi connectivity index (χ0) is 18.4. The number of hydrogen-bond donors (Lipinski definition) is 2. The van der Waals surface area contributed by atoms with Gasteiger partial charge in [0.15, 0.2) is 0 Å². The largest absolute Gasteiger partial charge is 0.391 e. The lowest BCUT2D eigenvalue weighted by Gasteiger charge is -2.36. The van der Waals surface area contributed by atoms with E-state index in [4.69, 9.17) is 0 Å². The van der Waals surface area contributed by atoms with Crippen molar-refractivity contribution in [1.82, 2.24) is 19.8 Å². The van der Waals surface area contributed by atoms with Crippen LogP contribution in [0.15, 0.2) is 42.7 Å². The Morgan fingerprint density at radius 3 is 2.59 bits per heavy atom. The van der Waals surface area contributed by atoms with Crippen LogP contribution < -0.4 is 5.32 Å². The van der Waals surface area contributed by atoms with Crippen molar-refractivity contribution in [3.8, 4) is 11.4 Å². The molecule has 0 radical (unpaired) electrons. The molecule has 2 N–H and O–H groups in total. The molecule has 3 fully saturated rings.